The van der Waals surface area contributed by atoms with Crippen LogP contribution >= 0.6 is 0 Å². The highest BCUT2D eigenvalue weighted by Crippen LogP contribution is 2.34. The lowest BCUT2D eigenvalue weighted by Gasteiger charge is -2.10. The van der Waals surface area contributed by atoms with Crippen LogP contribution in [0.25, 0.3) is 11.3 Å². The maximum atomic E-state index is 13.6. The van der Waals surface area contributed by atoms with Gasteiger partial charge in [-0.15, -0.1) is 0 Å². The highest BCUT2D eigenvalue weighted by molar-refractivity contribution is 5.72. The van der Waals surface area contributed by atoms with E-state index < -0.39 is 11.6 Å². The van der Waals surface area contributed by atoms with E-state index in [-0.39, 0.29) is 22.8 Å². The molecule has 0 aliphatic heterocycles. The van der Waals surface area contributed by atoms with E-state index in [0.717, 1.165) is 18.5 Å². The van der Waals surface area contributed by atoms with Crippen LogP contribution in [0.3, 0.4) is 0 Å². The minimum Gasteiger partial charge on any atom is -0.491 e. The second-order valence-electron chi connectivity index (χ2n) is 3.24. The first kappa shape index (κ1) is 11.3. The third-order valence-electron chi connectivity index (χ3n) is 2.24. The molecule has 2 aromatic rings. The zero-order valence-corrected chi connectivity index (χ0v) is 8.95. The Balaban J connectivity index is 2.73. The maximum Gasteiger partial charge on any atom is 0.187 e. The number of anilines is 1. The SMILES string of the molecule is COc1c(N)ncnc1-c1c(F)cccc1F. The van der Waals surface area contributed by atoms with Crippen LogP contribution in [0.1, 0.15) is 0 Å². The Kier molecular flexibility index (Phi) is 2.86. The summed E-state index contributed by atoms with van der Waals surface area (Å²) in [6.45, 7) is 0. The first-order chi connectivity index (χ1) is 8.15. The summed E-state index contributed by atoms with van der Waals surface area (Å²) >= 11 is 0. The van der Waals surface area contributed by atoms with Crippen LogP contribution in [-0.2, 0) is 0 Å². The van der Waals surface area contributed by atoms with Gasteiger partial charge in [-0.2, -0.15) is 0 Å². The van der Waals surface area contributed by atoms with E-state index in [1.807, 2.05) is 0 Å². The molecule has 1 aromatic carbocycles. The quantitative estimate of drug-likeness (QED) is 0.867. The van der Waals surface area contributed by atoms with E-state index in [0.29, 0.717) is 0 Å². The summed E-state index contributed by atoms with van der Waals surface area (Å²) in [6, 6.07) is 3.54. The first-order valence-corrected chi connectivity index (χ1v) is 4.74. The van der Waals surface area contributed by atoms with Crippen LogP contribution < -0.4 is 10.5 Å². The van der Waals surface area contributed by atoms with Gasteiger partial charge >= 0.3 is 0 Å². The van der Waals surface area contributed by atoms with E-state index in [1.165, 1.54) is 13.2 Å². The minimum absolute atomic E-state index is 0.00407. The molecule has 0 bridgehead atoms. The summed E-state index contributed by atoms with van der Waals surface area (Å²) in [5, 5.41) is 0. The molecule has 0 saturated heterocycles. The number of rotatable bonds is 2. The molecule has 88 valence electrons. The Morgan fingerprint density at radius 3 is 2.41 bits per heavy atom. The van der Waals surface area contributed by atoms with Crippen molar-refractivity contribution in [2.45, 2.75) is 0 Å². The van der Waals surface area contributed by atoms with Gasteiger partial charge in [0.1, 0.15) is 23.7 Å². The molecule has 2 rings (SSSR count). The molecule has 6 heteroatoms. The summed E-state index contributed by atoms with van der Waals surface area (Å²) in [7, 11) is 1.33. The van der Waals surface area contributed by atoms with Crippen molar-refractivity contribution in [1.82, 2.24) is 9.97 Å². The highest BCUT2D eigenvalue weighted by Gasteiger charge is 2.18. The van der Waals surface area contributed by atoms with E-state index in [9.17, 15) is 8.78 Å². The number of nitrogens with two attached hydrogens (primary N) is 1. The smallest absolute Gasteiger partial charge is 0.187 e. The molecule has 0 spiro atoms. The number of methoxy groups -OCH3 is 1. The van der Waals surface area contributed by atoms with Crippen LogP contribution in [0.2, 0.25) is 0 Å². The molecule has 0 radical (unpaired) electrons. The molecular weight excluding hydrogens is 228 g/mol. The van der Waals surface area contributed by atoms with Gasteiger partial charge < -0.3 is 10.5 Å². The Labute approximate surface area is 96.1 Å². The zero-order valence-electron chi connectivity index (χ0n) is 8.95. The number of benzene rings is 1. The topological polar surface area (TPSA) is 61.0 Å². The molecule has 1 aromatic heterocycles. The van der Waals surface area contributed by atoms with Crippen LogP contribution in [0.15, 0.2) is 24.5 Å². The van der Waals surface area contributed by atoms with E-state index in [4.69, 9.17) is 10.5 Å². The fourth-order valence-electron chi connectivity index (χ4n) is 1.49. The first-order valence-electron chi connectivity index (χ1n) is 4.74. The Morgan fingerprint density at radius 2 is 1.82 bits per heavy atom. The van der Waals surface area contributed by atoms with Gasteiger partial charge in [-0.1, -0.05) is 6.07 Å². The summed E-state index contributed by atoms with van der Waals surface area (Å²) in [5.74, 6) is -1.39. The molecule has 0 saturated carbocycles. The van der Waals surface area contributed by atoms with Crippen molar-refractivity contribution in [3.05, 3.63) is 36.2 Å². The average Bonchev–Trinajstić information content (AvgIpc) is 2.29. The van der Waals surface area contributed by atoms with Gasteiger partial charge in [0.15, 0.2) is 11.6 Å². The lowest BCUT2D eigenvalue weighted by atomic mass is 10.1. The van der Waals surface area contributed by atoms with Crippen LogP contribution in [0.4, 0.5) is 14.6 Å². The van der Waals surface area contributed by atoms with Gasteiger partial charge in [0.25, 0.3) is 0 Å². The molecule has 0 amide bonds. The number of hydrogen-bond acceptors (Lipinski definition) is 4. The lowest BCUT2D eigenvalue weighted by Crippen LogP contribution is -2.02. The fourth-order valence-corrected chi connectivity index (χ4v) is 1.49. The van der Waals surface area contributed by atoms with Gasteiger partial charge in [-0.05, 0) is 12.1 Å². The Morgan fingerprint density at radius 1 is 1.18 bits per heavy atom. The largest absolute Gasteiger partial charge is 0.491 e. The summed E-state index contributed by atoms with van der Waals surface area (Å²) in [4.78, 5) is 7.50. The normalized spacial score (nSPS) is 10.3. The van der Waals surface area contributed by atoms with E-state index >= 15 is 0 Å². The number of nitrogen functional groups attached to an aromatic ring is 1. The predicted molar refractivity (Wildman–Crippen MR) is 58.3 cm³/mol. The summed E-state index contributed by atoms with van der Waals surface area (Å²) < 4.78 is 32.1. The number of nitrogens with zero attached hydrogens (tertiary/aromatic N) is 2. The molecule has 0 aliphatic carbocycles. The molecule has 2 N–H and O–H groups in total. The molecule has 0 fully saturated rings. The van der Waals surface area contributed by atoms with Gasteiger partial charge in [0.2, 0.25) is 0 Å². The van der Waals surface area contributed by atoms with Crippen LogP contribution in [-0.4, -0.2) is 17.1 Å². The lowest BCUT2D eigenvalue weighted by molar-refractivity contribution is 0.414. The molecule has 4 nitrogen and oxygen atoms in total. The fraction of sp³-hybridized carbons (Fsp3) is 0.0909. The second-order valence-corrected chi connectivity index (χ2v) is 3.24. The number of halogens is 2. The zero-order chi connectivity index (χ0) is 12.4. The third kappa shape index (κ3) is 1.89. The minimum atomic E-state index is -0.735. The number of ether oxygens (including phenoxy) is 1. The molecule has 0 unspecified atom stereocenters. The molecule has 0 aliphatic rings. The van der Waals surface area contributed by atoms with E-state index in [1.54, 1.807) is 0 Å². The van der Waals surface area contributed by atoms with E-state index in [2.05, 4.69) is 9.97 Å². The van der Waals surface area contributed by atoms with Crippen LogP contribution in [0, 0.1) is 11.6 Å². The number of aromatic nitrogens is 2. The van der Waals surface area contributed by atoms with Gasteiger partial charge in [0.05, 0.1) is 12.7 Å². The summed E-state index contributed by atoms with van der Waals surface area (Å²) in [6.07, 6.45) is 1.12. The molecular formula is C11H9F2N3O. The van der Waals surface area contributed by atoms with Crippen molar-refractivity contribution in [2.24, 2.45) is 0 Å². The van der Waals surface area contributed by atoms with Gasteiger partial charge in [0, 0.05) is 0 Å². The molecule has 1 heterocycles. The highest BCUT2D eigenvalue weighted by atomic mass is 19.1. The van der Waals surface area contributed by atoms with Gasteiger partial charge in [-0.25, -0.2) is 18.7 Å². The maximum absolute atomic E-state index is 13.6. The van der Waals surface area contributed by atoms with Crippen LogP contribution in [0.5, 0.6) is 5.75 Å². The molecule has 0 atom stereocenters. The third-order valence-corrected chi connectivity index (χ3v) is 2.24. The second kappa shape index (κ2) is 4.32. The van der Waals surface area contributed by atoms with Crippen molar-refractivity contribution >= 4 is 5.82 Å². The standard InChI is InChI=1S/C11H9F2N3O/c1-17-10-9(15-5-16-11(10)14)8-6(12)3-2-4-7(8)13/h2-5H,1H3,(H2,14,15,16). The summed E-state index contributed by atoms with van der Waals surface area (Å²) in [5.41, 5.74) is 5.27. The van der Waals surface area contributed by atoms with Crippen molar-refractivity contribution < 1.29 is 13.5 Å². The van der Waals surface area contributed by atoms with Crippen molar-refractivity contribution in [1.29, 1.82) is 0 Å². The number of hydrogen-bond donors (Lipinski definition) is 1. The van der Waals surface area contributed by atoms with Crippen molar-refractivity contribution in [3.8, 4) is 17.0 Å². The average molecular weight is 237 g/mol. The monoisotopic (exact) mass is 237 g/mol. The Bertz CT molecular complexity index is 540. The molecule has 17 heavy (non-hydrogen) atoms. The van der Waals surface area contributed by atoms with Crippen molar-refractivity contribution in [2.75, 3.05) is 12.8 Å². The Hall–Kier alpha value is -2.24. The van der Waals surface area contributed by atoms with Crippen molar-refractivity contribution in [3.63, 3.8) is 0 Å². The van der Waals surface area contributed by atoms with Gasteiger partial charge in [-0.3, -0.25) is 0 Å². The predicted octanol–water partition coefficient (Wildman–Crippen LogP) is 2.01.